The number of fused-ring (bicyclic) bond motifs is 2. The molecule has 0 aliphatic carbocycles. The molecule has 9 nitrogen and oxygen atoms in total. The van der Waals surface area contributed by atoms with E-state index in [9.17, 15) is 4.21 Å². The van der Waals surface area contributed by atoms with Crippen molar-refractivity contribution >= 4 is 35.6 Å². The minimum atomic E-state index is -1.05. The summed E-state index contributed by atoms with van der Waals surface area (Å²) in [6.07, 6.45) is 5.65. The molecule has 2 aromatic rings. The molecule has 1 fully saturated rings. The van der Waals surface area contributed by atoms with E-state index in [4.69, 9.17) is 27.2 Å². The van der Waals surface area contributed by atoms with Crippen LogP contribution in [0.4, 0.5) is 11.8 Å². The first-order valence-corrected chi connectivity index (χ1v) is 13.1. The van der Waals surface area contributed by atoms with E-state index in [1.165, 1.54) is 0 Å². The molecule has 0 amide bonds. The van der Waals surface area contributed by atoms with E-state index in [1.807, 2.05) is 18.1 Å². The molecule has 1 atom stereocenters. The van der Waals surface area contributed by atoms with Crippen molar-refractivity contribution < 1.29 is 8.95 Å². The van der Waals surface area contributed by atoms with Crippen LogP contribution in [0.5, 0.6) is 0 Å². The first kappa shape index (κ1) is 22.5. The predicted molar refractivity (Wildman–Crippen MR) is 131 cm³/mol. The van der Waals surface area contributed by atoms with Gasteiger partial charge in [-0.1, -0.05) is 0 Å². The van der Waals surface area contributed by atoms with Gasteiger partial charge in [0.25, 0.3) is 0 Å². The molecule has 1 saturated heterocycles. The van der Waals surface area contributed by atoms with E-state index in [2.05, 4.69) is 21.7 Å². The van der Waals surface area contributed by atoms with Crippen molar-refractivity contribution in [2.45, 2.75) is 56.6 Å². The summed E-state index contributed by atoms with van der Waals surface area (Å²) >= 11 is 0. The van der Waals surface area contributed by atoms with Gasteiger partial charge in [0.1, 0.15) is 0 Å². The van der Waals surface area contributed by atoms with Crippen LogP contribution in [0.15, 0.2) is 11.1 Å². The molecule has 5 heterocycles. The van der Waals surface area contributed by atoms with Crippen LogP contribution < -0.4 is 10.2 Å². The fraction of sp³-hybridized carbons (Fsp3) is 0.636. The molecule has 11 heteroatoms. The molecular formula is C22H31BN7O2S. The van der Waals surface area contributed by atoms with Gasteiger partial charge in [-0.25, -0.2) is 0 Å². The zero-order chi connectivity index (χ0) is 22.9. The summed E-state index contributed by atoms with van der Waals surface area (Å²) in [7, 11) is 7.30. The average Bonchev–Trinajstić information content (AvgIpc) is 3.42. The molecule has 0 bridgehead atoms. The summed E-state index contributed by atoms with van der Waals surface area (Å²) in [6, 6.07) is 0.282. The Bertz CT molecular complexity index is 1070. The van der Waals surface area contributed by atoms with Gasteiger partial charge in [0.05, 0.1) is 0 Å². The third-order valence-electron chi connectivity index (χ3n) is 6.56. The summed E-state index contributed by atoms with van der Waals surface area (Å²) in [6.45, 7) is 6.71. The van der Waals surface area contributed by atoms with Gasteiger partial charge >= 0.3 is 180 Å². The number of rotatable bonds is 7. The van der Waals surface area contributed by atoms with Gasteiger partial charge in [0, 0.05) is 13.2 Å². The first-order valence-electron chi connectivity index (χ1n) is 11.8. The molecule has 175 valence electrons. The topological polar surface area (TPSA) is 88.4 Å². The van der Waals surface area contributed by atoms with Crippen LogP contribution >= 0.6 is 0 Å². The molecule has 1 unspecified atom stereocenters. The van der Waals surface area contributed by atoms with Crippen LogP contribution in [0.2, 0.25) is 0 Å². The van der Waals surface area contributed by atoms with Gasteiger partial charge in [0.2, 0.25) is 0 Å². The van der Waals surface area contributed by atoms with Gasteiger partial charge in [-0.15, -0.1) is 0 Å². The Morgan fingerprint density at radius 2 is 2.12 bits per heavy atom. The number of anilines is 2. The van der Waals surface area contributed by atoms with Gasteiger partial charge in [-0.05, 0) is 0 Å². The number of imidazole rings is 1. The Kier molecular flexibility index (Phi) is 6.51. The number of ether oxygens (including phenoxy) is 1. The second kappa shape index (κ2) is 9.54. The third-order valence-corrected chi connectivity index (χ3v) is 8.02. The van der Waals surface area contributed by atoms with Crippen LogP contribution in [-0.2, 0) is 35.0 Å². The second-order valence-electron chi connectivity index (χ2n) is 8.94. The number of aryl methyl sites for hydroxylation is 1. The first-order chi connectivity index (χ1) is 16.0. The fourth-order valence-corrected chi connectivity index (χ4v) is 5.97. The number of nitrogens with one attached hydrogen (secondary N) is 1. The fourth-order valence-electron chi connectivity index (χ4n) is 4.66. The van der Waals surface area contributed by atoms with Crippen molar-refractivity contribution in [3.05, 3.63) is 23.4 Å². The normalized spacial score (nSPS) is 20.4. The molecule has 5 rings (SSSR count). The van der Waals surface area contributed by atoms with Crippen molar-refractivity contribution in [3.8, 4) is 0 Å². The summed E-state index contributed by atoms with van der Waals surface area (Å²) in [5.74, 6) is 2.98. The molecule has 3 aliphatic heterocycles. The molecule has 0 saturated carbocycles. The van der Waals surface area contributed by atoms with E-state index in [-0.39, 0.29) is 6.04 Å². The van der Waals surface area contributed by atoms with Crippen molar-refractivity contribution in [2.24, 2.45) is 0 Å². The zero-order valence-corrected chi connectivity index (χ0v) is 20.2. The zero-order valence-electron chi connectivity index (χ0n) is 19.4. The quantitative estimate of drug-likeness (QED) is 0.601. The summed E-state index contributed by atoms with van der Waals surface area (Å²) in [5, 5.41) is 3.56. The van der Waals surface area contributed by atoms with E-state index >= 15 is 0 Å². The maximum absolute atomic E-state index is 12.7. The molecule has 1 radical (unpaired) electrons. The van der Waals surface area contributed by atoms with Crippen molar-refractivity contribution in [1.29, 1.82) is 0 Å². The number of nitrogens with zero attached hydrogens (tertiary/aromatic N) is 6. The molecule has 1 N–H and O–H groups in total. The van der Waals surface area contributed by atoms with Crippen molar-refractivity contribution in [2.75, 3.05) is 49.3 Å². The summed E-state index contributed by atoms with van der Waals surface area (Å²) < 4.78 is 20.3. The number of hydrogen-bond donors (Lipinski definition) is 1. The van der Waals surface area contributed by atoms with Crippen LogP contribution in [-0.4, -0.2) is 86.8 Å². The minimum absolute atomic E-state index is 0.282. The van der Waals surface area contributed by atoms with E-state index in [0.717, 1.165) is 86.5 Å². The predicted octanol–water partition coefficient (Wildman–Crippen LogP) is 0.936. The van der Waals surface area contributed by atoms with Crippen LogP contribution in [0.3, 0.4) is 0 Å². The maximum atomic E-state index is 12.7. The van der Waals surface area contributed by atoms with Crippen LogP contribution in [0.1, 0.15) is 43.4 Å². The number of aromatic nitrogens is 4. The standard InChI is InChI=1S/C22H31BN7O2S/c1-3-7-28(2)20(23)17-13-29-8-9-30(14-18(29)25-17)22-26-16-6-12-33(31)19(16)21(27-22)24-15-4-10-32-11-5-15/h13,15H,3-12,14H2,1-2H3,(H,24,26,27). The van der Waals surface area contributed by atoms with E-state index in [1.54, 1.807) is 0 Å². The monoisotopic (exact) mass is 468 g/mol. The Labute approximate surface area is 198 Å². The van der Waals surface area contributed by atoms with Gasteiger partial charge in [-0.3, -0.25) is 0 Å². The Balaban J connectivity index is 1.39. The Hall–Kier alpha value is -2.27. The molecule has 2 aromatic heterocycles. The molecular weight excluding hydrogens is 437 g/mol. The van der Waals surface area contributed by atoms with Gasteiger partial charge < -0.3 is 4.74 Å². The number of hydrogen-bond acceptors (Lipinski definition) is 8. The van der Waals surface area contributed by atoms with Crippen molar-refractivity contribution in [3.63, 3.8) is 0 Å². The molecule has 0 aromatic carbocycles. The van der Waals surface area contributed by atoms with Crippen molar-refractivity contribution in [1.82, 2.24) is 24.4 Å². The van der Waals surface area contributed by atoms with E-state index < -0.39 is 10.8 Å². The SMILES string of the molecule is [B]=C(c1cn2c(n1)CN(c1nc3c(c(NC4CCOCC4)n1)S(=O)CC3)CC2)N(C)CCC. The summed E-state index contributed by atoms with van der Waals surface area (Å²) in [4.78, 5) is 19.5. The van der Waals surface area contributed by atoms with Gasteiger partial charge in [-0.2, -0.15) is 0 Å². The summed E-state index contributed by atoms with van der Waals surface area (Å²) in [5.41, 5.74) is 2.42. The molecule has 33 heavy (non-hydrogen) atoms. The molecule has 3 aliphatic rings. The third kappa shape index (κ3) is 4.57. The van der Waals surface area contributed by atoms with E-state index in [0.29, 0.717) is 23.8 Å². The Morgan fingerprint density at radius 3 is 2.91 bits per heavy atom. The van der Waals surface area contributed by atoms with Gasteiger partial charge in [0.15, 0.2) is 0 Å². The second-order valence-corrected chi connectivity index (χ2v) is 10.5. The Morgan fingerprint density at radius 1 is 1.30 bits per heavy atom. The average molecular weight is 468 g/mol. The van der Waals surface area contributed by atoms with Crippen LogP contribution in [0, 0.1) is 0 Å². The molecule has 0 spiro atoms. The van der Waals surface area contributed by atoms with Crippen LogP contribution in [0.25, 0.3) is 0 Å².